The maximum Gasteiger partial charge on any atom is 0.260 e. The summed E-state index contributed by atoms with van der Waals surface area (Å²) in [6.07, 6.45) is 3.72. The zero-order chi connectivity index (χ0) is 14.7. The molecule has 0 aromatic heterocycles. The molecule has 3 rings (SSSR count). The Morgan fingerprint density at radius 3 is 2.71 bits per heavy atom. The van der Waals surface area contributed by atoms with Gasteiger partial charge in [-0.1, -0.05) is 11.6 Å². The fourth-order valence-corrected chi connectivity index (χ4v) is 2.54. The molecule has 0 bridgehead atoms. The lowest BCUT2D eigenvalue weighted by molar-refractivity contribution is -0.132. The SMILES string of the molecule is O=C(COc1ccc(Cl)cc1)N1CCC(OCC2CC2)C1. The number of carbonyl (C=O) groups is 1. The first-order chi connectivity index (χ1) is 10.2. The molecule has 0 radical (unpaired) electrons. The zero-order valence-corrected chi connectivity index (χ0v) is 12.7. The van der Waals surface area contributed by atoms with Crippen molar-refractivity contribution in [3.05, 3.63) is 29.3 Å². The number of amides is 1. The van der Waals surface area contributed by atoms with Gasteiger partial charge in [-0.25, -0.2) is 0 Å². The predicted molar refractivity (Wildman–Crippen MR) is 80.6 cm³/mol. The molecule has 1 aromatic rings. The molecule has 1 aliphatic carbocycles. The van der Waals surface area contributed by atoms with E-state index in [1.165, 1.54) is 12.8 Å². The average molecular weight is 310 g/mol. The van der Waals surface area contributed by atoms with E-state index in [0.29, 0.717) is 17.3 Å². The number of ether oxygens (including phenoxy) is 2. The van der Waals surface area contributed by atoms with Crippen LogP contribution in [0.3, 0.4) is 0 Å². The van der Waals surface area contributed by atoms with Crippen LogP contribution in [-0.4, -0.2) is 43.2 Å². The highest BCUT2D eigenvalue weighted by molar-refractivity contribution is 6.30. The van der Waals surface area contributed by atoms with Crippen LogP contribution >= 0.6 is 11.6 Å². The molecule has 5 heteroatoms. The van der Waals surface area contributed by atoms with Crippen LogP contribution in [0, 0.1) is 5.92 Å². The molecule has 1 saturated carbocycles. The van der Waals surface area contributed by atoms with Crippen molar-refractivity contribution < 1.29 is 14.3 Å². The van der Waals surface area contributed by atoms with Crippen molar-refractivity contribution in [2.24, 2.45) is 5.92 Å². The van der Waals surface area contributed by atoms with Crippen molar-refractivity contribution in [1.29, 1.82) is 0 Å². The third-order valence-corrected chi connectivity index (χ3v) is 4.19. The van der Waals surface area contributed by atoms with E-state index in [2.05, 4.69) is 0 Å². The zero-order valence-electron chi connectivity index (χ0n) is 12.0. The van der Waals surface area contributed by atoms with Gasteiger partial charge in [0.1, 0.15) is 5.75 Å². The fourth-order valence-electron chi connectivity index (χ4n) is 2.41. The summed E-state index contributed by atoms with van der Waals surface area (Å²) in [6, 6.07) is 7.03. The van der Waals surface area contributed by atoms with Crippen molar-refractivity contribution in [2.75, 3.05) is 26.3 Å². The Bertz CT molecular complexity index is 487. The molecule has 1 amide bonds. The van der Waals surface area contributed by atoms with Crippen LogP contribution < -0.4 is 4.74 Å². The summed E-state index contributed by atoms with van der Waals surface area (Å²) >= 11 is 5.81. The van der Waals surface area contributed by atoms with Crippen LogP contribution in [0.1, 0.15) is 19.3 Å². The van der Waals surface area contributed by atoms with E-state index in [9.17, 15) is 4.79 Å². The number of benzene rings is 1. The van der Waals surface area contributed by atoms with E-state index in [1.54, 1.807) is 24.3 Å². The van der Waals surface area contributed by atoms with E-state index in [1.807, 2.05) is 4.90 Å². The van der Waals surface area contributed by atoms with Crippen molar-refractivity contribution in [1.82, 2.24) is 4.90 Å². The van der Waals surface area contributed by atoms with Crippen LogP contribution in [0.2, 0.25) is 5.02 Å². The van der Waals surface area contributed by atoms with Crippen molar-refractivity contribution in [3.8, 4) is 5.75 Å². The number of hydrogen-bond acceptors (Lipinski definition) is 3. The summed E-state index contributed by atoms with van der Waals surface area (Å²) in [6.45, 7) is 2.37. The first kappa shape index (κ1) is 14.7. The summed E-state index contributed by atoms with van der Waals surface area (Å²) in [4.78, 5) is 13.9. The van der Waals surface area contributed by atoms with Gasteiger partial charge in [-0.2, -0.15) is 0 Å². The molecule has 114 valence electrons. The summed E-state index contributed by atoms with van der Waals surface area (Å²) in [7, 11) is 0. The monoisotopic (exact) mass is 309 g/mol. The molecule has 1 atom stereocenters. The highest BCUT2D eigenvalue weighted by atomic mass is 35.5. The highest BCUT2D eigenvalue weighted by Gasteiger charge is 2.29. The highest BCUT2D eigenvalue weighted by Crippen LogP contribution is 2.30. The Hall–Kier alpha value is -1.26. The smallest absolute Gasteiger partial charge is 0.260 e. The van der Waals surface area contributed by atoms with Crippen LogP contribution in [0.4, 0.5) is 0 Å². The Balaban J connectivity index is 1.39. The quantitative estimate of drug-likeness (QED) is 0.811. The lowest BCUT2D eigenvalue weighted by Crippen LogP contribution is -2.34. The minimum atomic E-state index is 0.0162. The molecule has 0 spiro atoms. The lowest BCUT2D eigenvalue weighted by Gasteiger charge is -2.17. The van der Waals surface area contributed by atoms with Gasteiger partial charge in [0.15, 0.2) is 6.61 Å². The molecule has 2 fully saturated rings. The Morgan fingerprint density at radius 1 is 1.24 bits per heavy atom. The van der Waals surface area contributed by atoms with E-state index in [-0.39, 0.29) is 18.6 Å². The number of carbonyl (C=O) groups excluding carboxylic acids is 1. The summed E-state index contributed by atoms with van der Waals surface area (Å²) in [5.74, 6) is 1.44. The average Bonchev–Trinajstić information content (AvgIpc) is 3.20. The second-order valence-corrected chi connectivity index (χ2v) is 6.21. The van der Waals surface area contributed by atoms with Gasteiger partial charge in [-0.15, -0.1) is 0 Å². The first-order valence-corrected chi connectivity index (χ1v) is 7.86. The van der Waals surface area contributed by atoms with Crippen molar-refractivity contribution >= 4 is 17.5 Å². The Morgan fingerprint density at radius 2 is 2.00 bits per heavy atom. The van der Waals surface area contributed by atoms with Gasteiger partial charge in [-0.05, 0) is 49.4 Å². The van der Waals surface area contributed by atoms with E-state index < -0.39 is 0 Å². The van der Waals surface area contributed by atoms with E-state index in [4.69, 9.17) is 21.1 Å². The third kappa shape index (κ3) is 4.35. The second-order valence-electron chi connectivity index (χ2n) is 5.77. The van der Waals surface area contributed by atoms with Gasteiger partial charge < -0.3 is 14.4 Å². The third-order valence-electron chi connectivity index (χ3n) is 3.94. The minimum absolute atomic E-state index is 0.0162. The molecule has 1 aliphatic heterocycles. The molecule has 1 unspecified atom stereocenters. The molecule has 1 heterocycles. The molecular formula is C16H20ClNO3. The molecule has 1 saturated heterocycles. The standard InChI is InChI=1S/C16H20ClNO3/c17-13-3-5-14(6-4-13)21-11-16(19)18-8-7-15(9-18)20-10-12-1-2-12/h3-6,12,15H,1-2,7-11H2. The predicted octanol–water partition coefficient (Wildman–Crippen LogP) is 2.75. The summed E-state index contributed by atoms with van der Waals surface area (Å²) < 4.78 is 11.3. The summed E-state index contributed by atoms with van der Waals surface area (Å²) in [5, 5.41) is 0.656. The van der Waals surface area contributed by atoms with Crippen LogP contribution in [0.5, 0.6) is 5.75 Å². The maximum atomic E-state index is 12.1. The number of likely N-dealkylation sites (tertiary alicyclic amines) is 1. The van der Waals surface area contributed by atoms with Gasteiger partial charge in [0.25, 0.3) is 5.91 Å². The topological polar surface area (TPSA) is 38.8 Å². The minimum Gasteiger partial charge on any atom is -0.484 e. The van der Waals surface area contributed by atoms with Crippen molar-refractivity contribution in [2.45, 2.75) is 25.4 Å². The Labute approximate surface area is 130 Å². The van der Waals surface area contributed by atoms with Crippen LogP contribution in [0.25, 0.3) is 0 Å². The lowest BCUT2D eigenvalue weighted by atomic mass is 10.3. The summed E-state index contributed by atoms with van der Waals surface area (Å²) in [5.41, 5.74) is 0. The molecule has 0 N–H and O–H groups in total. The van der Waals surface area contributed by atoms with Crippen LogP contribution in [0.15, 0.2) is 24.3 Å². The van der Waals surface area contributed by atoms with Gasteiger partial charge in [-0.3, -0.25) is 4.79 Å². The first-order valence-electron chi connectivity index (χ1n) is 7.48. The van der Waals surface area contributed by atoms with Gasteiger partial charge in [0, 0.05) is 24.7 Å². The molecule has 4 nitrogen and oxygen atoms in total. The number of nitrogens with zero attached hydrogens (tertiary/aromatic N) is 1. The molecule has 1 aromatic carbocycles. The van der Waals surface area contributed by atoms with Gasteiger partial charge in [0.05, 0.1) is 6.10 Å². The van der Waals surface area contributed by atoms with Gasteiger partial charge in [0.2, 0.25) is 0 Å². The fraction of sp³-hybridized carbons (Fsp3) is 0.562. The van der Waals surface area contributed by atoms with Crippen molar-refractivity contribution in [3.63, 3.8) is 0 Å². The molecular weight excluding hydrogens is 290 g/mol. The number of rotatable bonds is 6. The number of hydrogen-bond donors (Lipinski definition) is 0. The Kier molecular flexibility index (Phi) is 4.66. The van der Waals surface area contributed by atoms with Crippen LogP contribution in [-0.2, 0) is 9.53 Å². The maximum absolute atomic E-state index is 12.1. The second kappa shape index (κ2) is 6.67. The molecule has 21 heavy (non-hydrogen) atoms. The number of halogens is 1. The van der Waals surface area contributed by atoms with E-state index >= 15 is 0 Å². The molecule has 2 aliphatic rings. The van der Waals surface area contributed by atoms with Gasteiger partial charge >= 0.3 is 0 Å². The largest absolute Gasteiger partial charge is 0.484 e. The van der Waals surface area contributed by atoms with E-state index in [0.717, 1.165) is 25.5 Å². The normalized spacial score (nSPS) is 21.6.